The number of sulfonamides is 1. The van der Waals surface area contributed by atoms with Gasteiger partial charge in [-0.05, 0) is 18.6 Å². The smallest absolute Gasteiger partial charge is 0.258 e. The van der Waals surface area contributed by atoms with Crippen LogP contribution >= 0.6 is 0 Å². The SMILES string of the molecule is CCOCCNS(=O)(=O)c1ccc(CN)cn1. The van der Waals surface area contributed by atoms with E-state index >= 15 is 0 Å². The number of pyridine rings is 1. The van der Waals surface area contributed by atoms with E-state index in [1.54, 1.807) is 6.07 Å². The van der Waals surface area contributed by atoms with Gasteiger partial charge in [0, 0.05) is 25.9 Å². The van der Waals surface area contributed by atoms with Crippen LogP contribution in [0.2, 0.25) is 0 Å². The molecule has 0 aliphatic rings. The van der Waals surface area contributed by atoms with Gasteiger partial charge in [-0.3, -0.25) is 0 Å². The minimum Gasteiger partial charge on any atom is -0.380 e. The molecule has 17 heavy (non-hydrogen) atoms. The van der Waals surface area contributed by atoms with Gasteiger partial charge in [0.05, 0.1) is 6.61 Å². The van der Waals surface area contributed by atoms with E-state index in [2.05, 4.69) is 9.71 Å². The lowest BCUT2D eigenvalue weighted by Crippen LogP contribution is -2.28. The zero-order chi connectivity index (χ0) is 12.7. The number of hydrogen-bond donors (Lipinski definition) is 2. The summed E-state index contributed by atoms with van der Waals surface area (Å²) in [5.74, 6) is 0. The maximum Gasteiger partial charge on any atom is 0.258 e. The summed E-state index contributed by atoms with van der Waals surface area (Å²) in [6.45, 7) is 3.32. The Labute approximate surface area is 101 Å². The third-order valence-electron chi connectivity index (χ3n) is 2.05. The summed E-state index contributed by atoms with van der Waals surface area (Å²) in [4.78, 5) is 3.85. The van der Waals surface area contributed by atoms with Crippen LogP contribution in [0.4, 0.5) is 0 Å². The van der Waals surface area contributed by atoms with Gasteiger partial charge in [-0.1, -0.05) is 6.07 Å². The molecular formula is C10H17N3O3S. The molecule has 6 nitrogen and oxygen atoms in total. The van der Waals surface area contributed by atoms with E-state index in [0.29, 0.717) is 19.8 Å². The second-order valence-corrected chi connectivity index (χ2v) is 5.02. The topological polar surface area (TPSA) is 94.3 Å². The third kappa shape index (κ3) is 4.39. The van der Waals surface area contributed by atoms with Gasteiger partial charge in [0.1, 0.15) is 0 Å². The largest absolute Gasteiger partial charge is 0.380 e. The predicted octanol–water partition coefficient (Wildman–Crippen LogP) is -0.145. The summed E-state index contributed by atoms with van der Waals surface area (Å²) in [5.41, 5.74) is 6.19. The third-order valence-corrected chi connectivity index (χ3v) is 3.43. The summed E-state index contributed by atoms with van der Waals surface area (Å²) < 4.78 is 30.9. The van der Waals surface area contributed by atoms with E-state index < -0.39 is 10.0 Å². The van der Waals surface area contributed by atoms with Gasteiger partial charge >= 0.3 is 0 Å². The Hall–Kier alpha value is -1.02. The molecule has 1 aromatic rings. The zero-order valence-electron chi connectivity index (χ0n) is 9.72. The van der Waals surface area contributed by atoms with Crippen molar-refractivity contribution in [2.45, 2.75) is 18.5 Å². The molecule has 0 aliphatic heterocycles. The highest BCUT2D eigenvalue weighted by Crippen LogP contribution is 2.05. The number of nitrogens with two attached hydrogens (primary N) is 1. The predicted molar refractivity (Wildman–Crippen MR) is 63.8 cm³/mol. The lowest BCUT2D eigenvalue weighted by atomic mass is 10.3. The molecule has 0 aromatic carbocycles. The van der Waals surface area contributed by atoms with Crippen LogP contribution in [0.25, 0.3) is 0 Å². The minimum atomic E-state index is -3.55. The van der Waals surface area contributed by atoms with Crippen molar-refractivity contribution in [2.24, 2.45) is 5.73 Å². The van der Waals surface area contributed by atoms with Crippen molar-refractivity contribution in [2.75, 3.05) is 19.8 Å². The first-order chi connectivity index (χ1) is 8.10. The Morgan fingerprint density at radius 1 is 1.47 bits per heavy atom. The van der Waals surface area contributed by atoms with E-state index in [0.717, 1.165) is 5.56 Å². The van der Waals surface area contributed by atoms with Gasteiger partial charge < -0.3 is 10.5 Å². The molecule has 1 heterocycles. The van der Waals surface area contributed by atoms with Crippen molar-refractivity contribution in [3.05, 3.63) is 23.9 Å². The van der Waals surface area contributed by atoms with Crippen LogP contribution in [-0.2, 0) is 21.3 Å². The number of rotatable bonds is 7. The van der Waals surface area contributed by atoms with Crippen LogP contribution in [0.3, 0.4) is 0 Å². The molecule has 7 heteroatoms. The summed E-state index contributed by atoms with van der Waals surface area (Å²) in [5, 5.41) is -0.00815. The number of aromatic nitrogens is 1. The van der Waals surface area contributed by atoms with Crippen LogP contribution in [0.1, 0.15) is 12.5 Å². The molecule has 0 unspecified atom stereocenters. The molecule has 1 aromatic heterocycles. The average Bonchev–Trinajstić information content (AvgIpc) is 2.35. The van der Waals surface area contributed by atoms with Gasteiger partial charge in [-0.2, -0.15) is 0 Å². The van der Waals surface area contributed by atoms with E-state index in [4.69, 9.17) is 10.5 Å². The Balaban J connectivity index is 2.62. The van der Waals surface area contributed by atoms with Crippen LogP contribution in [0, 0.1) is 0 Å². The molecule has 0 fully saturated rings. The van der Waals surface area contributed by atoms with Crippen molar-refractivity contribution in [3.63, 3.8) is 0 Å². The Kier molecular flexibility index (Phi) is 5.49. The summed E-state index contributed by atoms with van der Waals surface area (Å²) >= 11 is 0. The quantitative estimate of drug-likeness (QED) is 0.664. The standard InChI is InChI=1S/C10H17N3O3S/c1-2-16-6-5-13-17(14,15)10-4-3-9(7-11)8-12-10/h3-4,8,13H,2,5-7,11H2,1H3. The fraction of sp³-hybridized carbons (Fsp3) is 0.500. The summed E-state index contributed by atoms with van der Waals surface area (Å²) in [6, 6.07) is 3.08. The van der Waals surface area contributed by atoms with Crippen LogP contribution < -0.4 is 10.5 Å². The van der Waals surface area contributed by atoms with Gasteiger partial charge in [0.25, 0.3) is 10.0 Å². The first-order valence-electron chi connectivity index (χ1n) is 5.32. The second-order valence-electron chi connectivity index (χ2n) is 3.30. The van der Waals surface area contributed by atoms with Crippen molar-refractivity contribution in [3.8, 4) is 0 Å². The number of hydrogen-bond acceptors (Lipinski definition) is 5. The van der Waals surface area contributed by atoms with Crippen LogP contribution in [0.5, 0.6) is 0 Å². The number of ether oxygens (including phenoxy) is 1. The van der Waals surface area contributed by atoms with E-state index in [1.807, 2.05) is 6.92 Å². The van der Waals surface area contributed by atoms with Gasteiger partial charge in [-0.25, -0.2) is 18.1 Å². The highest BCUT2D eigenvalue weighted by molar-refractivity contribution is 7.89. The molecule has 3 N–H and O–H groups in total. The molecule has 0 saturated heterocycles. The monoisotopic (exact) mass is 259 g/mol. The van der Waals surface area contributed by atoms with Crippen LogP contribution in [-0.4, -0.2) is 33.2 Å². The first-order valence-corrected chi connectivity index (χ1v) is 6.81. The highest BCUT2D eigenvalue weighted by Gasteiger charge is 2.14. The fourth-order valence-electron chi connectivity index (χ4n) is 1.16. The zero-order valence-corrected chi connectivity index (χ0v) is 10.5. The maximum absolute atomic E-state index is 11.7. The van der Waals surface area contributed by atoms with E-state index in [1.165, 1.54) is 12.3 Å². The second kappa shape index (κ2) is 6.65. The molecule has 0 atom stereocenters. The normalized spacial score (nSPS) is 11.6. The van der Waals surface area contributed by atoms with E-state index in [-0.39, 0.29) is 11.6 Å². The van der Waals surface area contributed by atoms with Crippen LogP contribution in [0.15, 0.2) is 23.4 Å². The fourth-order valence-corrected chi connectivity index (χ4v) is 2.10. The Morgan fingerprint density at radius 3 is 2.76 bits per heavy atom. The Bertz CT molecular complexity index is 431. The first kappa shape index (κ1) is 14.0. The molecule has 0 aliphatic carbocycles. The molecule has 0 amide bonds. The Morgan fingerprint density at radius 2 is 2.24 bits per heavy atom. The van der Waals surface area contributed by atoms with Gasteiger partial charge in [-0.15, -0.1) is 0 Å². The molecular weight excluding hydrogens is 242 g/mol. The van der Waals surface area contributed by atoms with Gasteiger partial charge in [0.2, 0.25) is 0 Å². The summed E-state index contributed by atoms with van der Waals surface area (Å²) in [6.07, 6.45) is 1.46. The molecule has 0 spiro atoms. The minimum absolute atomic E-state index is 0.00815. The van der Waals surface area contributed by atoms with Crippen molar-refractivity contribution in [1.29, 1.82) is 0 Å². The lowest BCUT2D eigenvalue weighted by molar-refractivity contribution is 0.153. The molecule has 96 valence electrons. The number of nitrogens with zero attached hydrogens (tertiary/aromatic N) is 1. The van der Waals surface area contributed by atoms with Gasteiger partial charge in [0.15, 0.2) is 5.03 Å². The molecule has 0 saturated carbocycles. The maximum atomic E-state index is 11.7. The molecule has 0 bridgehead atoms. The number of nitrogens with one attached hydrogen (secondary N) is 1. The lowest BCUT2D eigenvalue weighted by Gasteiger charge is -2.06. The van der Waals surface area contributed by atoms with E-state index in [9.17, 15) is 8.42 Å². The van der Waals surface area contributed by atoms with Crippen molar-refractivity contribution < 1.29 is 13.2 Å². The van der Waals surface area contributed by atoms with Crippen molar-refractivity contribution in [1.82, 2.24) is 9.71 Å². The highest BCUT2D eigenvalue weighted by atomic mass is 32.2. The average molecular weight is 259 g/mol. The summed E-state index contributed by atoms with van der Waals surface area (Å²) in [7, 11) is -3.55. The molecule has 0 radical (unpaired) electrons. The molecule has 1 rings (SSSR count). The van der Waals surface area contributed by atoms with Crippen molar-refractivity contribution >= 4 is 10.0 Å².